The highest BCUT2D eigenvalue weighted by Gasteiger charge is 2.33. The normalized spacial score (nSPS) is 19.6. The number of aryl methyl sites for hydroxylation is 1. The van der Waals surface area contributed by atoms with Crippen molar-refractivity contribution >= 4 is 21.8 Å². The van der Waals surface area contributed by atoms with Crippen LogP contribution in [-0.4, -0.2) is 31.6 Å². The van der Waals surface area contributed by atoms with Gasteiger partial charge in [-0.2, -0.15) is 29.2 Å². The maximum Gasteiger partial charge on any atom is 0.416 e. The van der Waals surface area contributed by atoms with Crippen molar-refractivity contribution in [1.82, 2.24) is 4.31 Å². The molecule has 27 heavy (non-hydrogen) atoms. The number of benzene rings is 2. The zero-order chi connectivity index (χ0) is 19.7. The Morgan fingerprint density at radius 2 is 1.81 bits per heavy atom. The molecule has 8 heteroatoms. The van der Waals surface area contributed by atoms with Gasteiger partial charge >= 0.3 is 6.18 Å². The average molecular weight is 416 g/mol. The van der Waals surface area contributed by atoms with Gasteiger partial charge in [-0.15, -0.1) is 0 Å². The molecule has 1 aliphatic rings. The molecule has 0 radical (unpaired) electrons. The molecule has 1 saturated heterocycles. The first kappa shape index (κ1) is 20.2. The second-order valence-corrected chi connectivity index (χ2v) is 9.68. The van der Waals surface area contributed by atoms with Gasteiger partial charge in [0.1, 0.15) is 0 Å². The van der Waals surface area contributed by atoms with Crippen LogP contribution in [0.2, 0.25) is 0 Å². The lowest BCUT2D eigenvalue weighted by Gasteiger charge is -2.21. The van der Waals surface area contributed by atoms with Crippen molar-refractivity contribution in [3.63, 3.8) is 0 Å². The standard InChI is InChI=1S/C19H20F3NO2S2/c1-14-5-2-3-8-17(14)18-9-10-23(11-12-26-18)27(24,25)16-7-4-6-15(13-16)19(20,21)22/h2-8,13,18H,9-12H2,1H3. The van der Waals surface area contributed by atoms with Crippen LogP contribution in [0, 0.1) is 6.92 Å². The van der Waals surface area contributed by atoms with E-state index in [2.05, 4.69) is 0 Å². The van der Waals surface area contributed by atoms with Gasteiger partial charge in [0.25, 0.3) is 0 Å². The van der Waals surface area contributed by atoms with Crippen molar-refractivity contribution in [1.29, 1.82) is 0 Å². The Kier molecular flexibility index (Phi) is 5.88. The zero-order valence-corrected chi connectivity index (χ0v) is 16.4. The lowest BCUT2D eigenvalue weighted by molar-refractivity contribution is -0.137. The summed E-state index contributed by atoms with van der Waals surface area (Å²) >= 11 is 1.69. The number of sulfonamides is 1. The van der Waals surface area contributed by atoms with Gasteiger partial charge in [0.2, 0.25) is 10.0 Å². The molecule has 146 valence electrons. The SMILES string of the molecule is Cc1ccccc1C1CCN(S(=O)(=O)c2cccc(C(F)(F)F)c2)CCS1. The van der Waals surface area contributed by atoms with Gasteiger partial charge < -0.3 is 0 Å². The molecule has 0 spiro atoms. The smallest absolute Gasteiger partial charge is 0.207 e. The van der Waals surface area contributed by atoms with Gasteiger partial charge in [-0.25, -0.2) is 8.42 Å². The summed E-state index contributed by atoms with van der Waals surface area (Å²) in [5, 5.41) is 0.174. The molecule has 1 atom stereocenters. The van der Waals surface area contributed by atoms with Crippen LogP contribution in [0.1, 0.15) is 28.4 Å². The first-order valence-electron chi connectivity index (χ1n) is 8.54. The number of halogens is 3. The van der Waals surface area contributed by atoms with Crippen molar-refractivity contribution in [2.75, 3.05) is 18.8 Å². The summed E-state index contributed by atoms with van der Waals surface area (Å²) in [7, 11) is -3.96. The first-order valence-corrected chi connectivity index (χ1v) is 11.0. The molecule has 1 fully saturated rings. The largest absolute Gasteiger partial charge is 0.416 e. The monoisotopic (exact) mass is 415 g/mol. The summed E-state index contributed by atoms with van der Waals surface area (Å²) in [5.41, 5.74) is 1.38. The number of nitrogens with zero attached hydrogens (tertiary/aromatic N) is 1. The van der Waals surface area contributed by atoms with E-state index in [1.54, 1.807) is 11.8 Å². The number of hydrogen-bond acceptors (Lipinski definition) is 3. The molecule has 2 aromatic rings. The highest BCUT2D eigenvalue weighted by Crippen LogP contribution is 2.37. The molecule has 1 aliphatic heterocycles. The van der Waals surface area contributed by atoms with Gasteiger partial charge in [-0.05, 0) is 42.7 Å². The molecular formula is C19H20F3NO2S2. The Balaban J connectivity index is 1.82. The van der Waals surface area contributed by atoms with E-state index in [1.165, 1.54) is 15.9 Å². The third-order valence-corrected chi connectivity index (χ3v) is 7.84. The van der Waals surface area contributed by atoms with Gasteiger partial charge in [0.05, 0.1) is 10.5 Å². The van der Waals surface area contributed by atoms with E-state index in [-0.39, 0.29) is 23.2 Å². The molecule has 0 amide bonds. The third kappa shape index (κ3) is 4.50. The highest BCUT2D eigenvalue weighted by atomic mass is 32.2. The summed E-state index contributed by atoms with van der Waals surface area (Å²) in [6.07, 6.45) is -3.95. The Bertz CT molecular complexity index is 913. The van der Waals surface area contributed by atoms with E-state index >= 15 is 0 Å². The van der Waals surface area contributed by atoms with Crippen LogP contribution in [0.25, 0.3) is 0 Å². The number of thioether (sulfide) groups is 1. The second kappa shape index (κ2) is 7.85. The van der Waals surface area contributed by atoms with Crippen LogP contribution in [0.5, 0.6) is 0 Å². The van der Waals surface area contributed by atoms with Gasteiger partial charge in [0.15, 0.2) is 0 Å². The Labute approximate surface area is 161 Å². The minimum absolute atomic E-state index is 0.174. The summed E-state index contributed by atoms with van der Waals surface area (Å²) in [6, 6.07) is 12.0. The van der Waals surface area contributed by atoms with E-state index in [0.717, 1.165) is 17.7 Å². The average Bonchev–Trinajstić information content (AvgIpc) is 2.88. The predicted octanol–water partition coefficient (Wildman–Crippen LogP) is 4.88. The van der Waals surface area contributed by atoms with Crippen LogP contribution < -0.4 is 0 Å². The molecule has 1 unspecified atom stereocenters. The fourth-order valence-corrected chi connectivity index (χ4v) is 6.11. The molecule has 0 aliphatic carbocycles. The lowest BCUT2D eigenvalue weighted by atomic mass is 10.0. The summed E-state index contributed by atoms with van der Waals surface area (Å²) in [6.45, 7) is 2.59. The summed E-state index contributed by atoms with van der Waals surface area (Å²) in [4.78, 5) is -0.309. The lowest BCUT2D eigenvalue weighted by Crippen LogP contribution is -2.33. The molecule has 0 N–H and O–H groups in total. The minimum atomic E-state index is -4.57. The number of hydrogen-bond donors (Lipinski definition) is 0. The van der Waals surface area contributed by atoms with Crippen molar-refractivity contribution < 1.29 is 21.6 Å². The predicted molar refractivity (Wildman–Crippen MR) is 101 cm³/mol. The van der Waals surface area contributed by atoms with Crippen molar-refractivity contribution in [2.24, 2.45) is 0 Å². The van der Waals surface area contributed by atoms with E-state index < -0.39 is 21.8 Å². The van der Waals surface area contributed by atoms with Crippen LogP contribution >= 0.6 is 11.8 Å². The minimum Gasteiger partial charge on any atom is -0.207 e. The van der Waals surface area contributed by atoms with E-state index in [0.29, 0.717) is 18.2 Å². The van der Waals surface area contributed by atoms with Crippen LogP contribution in [-0.2, 0) is 16.2 Å². The highest BCUT2D eigenvalue weighted by molar-refractivity contribution is 7.99. The van der Waals surface area contributed by atoms with E-state index in [4.69, 9.17) is 0 Å². The quantitative estimate of drug-likeness (QED) is 0.717. The van der Waals surface area contributed by atoms with Crippen molar-refractivity contribution in [3.8, 4) is 0 Å². The maximum atomic E-state index is 12.9. The van der Waals surface area contributed by atoms with Crippen LogP contribution in [0.4, 0.5) is 13.2 Å². The Morgan fingerprint density at radius 1 is 1.07 bits per heavy atom. The molecule has 2 aromatic carbocycles. The van der Waals surface area contributed by atoms with Crippen molar-refractivity contribution in [2.45, 2.75) is 29.7 Å². The van der Waals surface area contributed by atoms with Gasteiger partial charge in [-0.3, -0.25) is 0 Å². The first-order chi connectivity index (χ1) is 12.7. The van der Waals surface area contributed by atoms with Crippen LogP contribution in [0.3, 0.4) is 0 Å². The summed E-state index contributed by atoms with van der Waals surface area (Å²) < 4.78 is 65.8. The Hall–Kier alpha value is -1.51. The maximum absolute atomic E-state index is 12.9. The van der Waals surface area contributed by atoms with Gasteiger partial charge in [0, 0.05) is 24.1 Å². The number of rotatable bonds is 3. The second-order valence-electron chi connectivity index (χ2n) is 6.43. The topological polar surface area (TPSA) is 37.4 Å². The molecule has 1 heterocycles. The van der Waals surface area contributed by atoms with Gasteiger partial charge in [-0.1, -0.05) is 30.3 Å². The third-order valence-electron chi connectivity index (χ3n) is 4.63. The molecule has 3 rings (SSSR count). The number of alkyl halides is 3. The fraction of sp³-hybridized carbons (Fsp3) is 0.368. The van der Waals surface area contributed by atoms with E-state index in [9.17, 15) is 21.6 Å². The fourth-order valence-electron chi connectivity index (χ4n) is 3.17. The van der Waals surface area contributed by atoms with Crippen molar-refractivity contribution in [3.05, 3.63) is 65.2 Å². The molecule has 3 nitrogen and oxygen atoms in total. The zero-order valence-electron chi connectivity index (χ0n) is 14.7. The van der Waals surface area contributed by atoms with E-state index in [1.807, 2.05) is 31.2 Å². The molecule has 0 saturated carbocycles. The van der Waals surface area contributed by atoms with Crippen LogP contribution in [0.15, 0.2) is 53.4 Å². The molecular weight excluding hydrogens is 395 g/mol. The Morgan fingerprint density at radius 3 is 2.52 bits per heavy atom. The molecule has 0 bridgehead atoms. The molecule has 0 aromatic heterocycles. The summed E-state index contributed by atoms with van der Waals surface area (Å²) in [5.74, 6) is 0.594.